The van der Waals surface area contributed by atoms with Crippen molar-refractivity contribution in [1.29, 1.82) is 0 Å². The van der Waals surface area contributed by atoms with Gasteiger partial charge in [-0.2, -0.15) is 0 Å². The van der Waals surface area contributed by atoms with Crippen molar-refractivity contribution in [2.75, 3.05) is 5.73 Å². The van der Waals surface area contributed by atoms with E-state index in [4.69, 9.17) is 33.8 Å². The zero-order valence-corrected chi connectivity index (χ0v) is 19.0. The normalized spacial score (nSPS) is 11.5. The second-order valence-corrected chi connectivity index (χ2v) is 8.09. The Balaban J connectivity index is 1.81. The molecule has 0 aliphatic heterocycles. The fraction of sp³-hybridized carbons (Fsp3) is 0.0400. The average Bonchev–Trinajstić information content (AvgIpc) is 2.79. The van der Waals surface area contributed by atoms with Crippen LogP contribution in [0.25, 0.3) is 5.69 Å². The highest BCUT2D eigenvalue weighted by Gasteiger charge is 2.17. The van der Waals surface area contributed by atoms with Crippen LogP contribution in [-0.2, 0) is 11.4 Å². The monoisotopic (exact) mass is 499 g/mol. The lowest BCUT2D eigenvalue weighted by atomic mass is 10.0. The van der Waals surface area contributed by atoms with Gasteiger partial charge >= 0.3 is 0 Å². The molecule has 0 bridgehead atoms. The van der Waals surface area contributed by atoms with Gasteiger partial charge in [0.05, 0.1) is 15.7 Å². The molecule has 0 atom stereocenters. The molecule has 0 fully saturated rings. The molecule has 0 saturated carbocycles. The summed E-state index contributed by atoms with van der Waals surface area (Å²) in [6, 6.07) is 17.6. The van der Waals surface area contributed by atoms with Crippen LogP contribution in [-0.4, -0.2) is 10.3 Å². The topological polar surface area (TPSA) is 69.6 Å². The fourth-order valence-electron chi connectivity index (χ4n) is 3.31. The quantitative estimate of drug-likeness (QED) is 0.201. The number of nitrogens with zero attached hydrogens (tertiary/aromatic N) is 2. The van der Waals surface area contributed by atoms with Crippen molar-refractivity contribution >= 4 is 34.6 Å². The van der Waals surface area contributed by atoms with E-state index in [0.717, 1.165) is 17.7 Å². The summed E-state index contributed by atoms with van der Waals surface area (Å²) in [5, 5.41) is 4.61. The number of para-hydroxylation sites is 1. The second-order valence-electron chi connectivity index (χ2n) is 7.28. The van der Waals surface area contributed by atoms with Crippen molar-refractivity contribution < 1.29 is 13.6 Å². The molecule has 4 rings (SSSR count). The van der Waals surface area contributed by atoms with E-state index in [0.29, 0.717) is 11.3 Å². The van der Waals surface area contributed by atoms with Crippen LogP contribution in [0.5, 0.6) is 0 Å². The third-order valence-electron chi connectivity index (χ3n) is 4.89. The molecule has 1 heterocycles. The van der Waals surface area contributed by atoms with E-state index in [2.05, 4.69) is 5.16 Å². The van der Waals surface area contributed by atoms with Crippen molar-refractivity contribution in [2.24, 2.45) is 5.16 Å². The maximum atomic E-state index is 14.7. The van der Waals surface area contributed by atoms with Gasteiger partial charge in [0.2, 0.25) is 0 Å². The molecular formula is C25H17Cl2F2N3O2. The number of benzene rings is 3. The van der Waals surface area contributed by atoms with Gasteiger partial charge in [-0.3, -0.25) is 9.36 Å². The summed E-state index contributed by atoms with van der Waals surface area (Å²) < 4.78 is 29.5. The van der Waals surface area contributed by atoms with Gasteiger partial charge in [-0.15, -0.1) is 0 Å². The van der Waals surface area contributed by atoms with Crippen molar-refractivity contribution in [3.63, 3.8) is 0 Å². The molecule has 0 unspecified atom stereocenters. The van der Waals surface area contributed by atoms with Gasteiger partial charge in [0.1, 0.15) is 24.0 Å². The Morgan fingerprint density at radius 1 is 0.971 bits per heavy atom. The van der Waals surface area contributed by atoms with Crippen LogP contribution < -0.4 is 11.3 Å². The molecule has 1 aromatic heterocycles. The molecule has 0 radical (unpaired) electrons. The SMILES string of the molecule is Nc1cccc(CO/N=C(/c2ccc(=O)n(-c3c(Cl)cccc3Cl)c2)c2ccc(F)cc2F)c1. The maximum Gasteiger partial charge on any atom is 0.255 e. The second kappa shape index (κ2) is 10.1. The number of oxime groups is 1. The van der Waals surface area contributed by atoms with Gasteiger partial charge in [-0.05, 0) is 48.0 Å². The highest BCUT2D eigenvalue weighted by Crippen LogP contribution is 2.28. The molecule has 0 spiro atoms. The molecule has 0 amide bonds. The van der Waals surface area contributed by atoms with Gasteiger partial charge in [-0.25, -0.2) is 8.78 Å². The van der Waals surface area contributed by atoms with Gasteiger partial charge in [-0.1, -0.05) is 46.6 Å². The molecule has 3 aromatic carbocycles. The largest absolute Gasteiger partial charge is 0.399 e. The summed E-state index contributed by atoms with van der Waals surface area (Å²) in [5.41, 5.74) is 7.26. The Morgan fingerprint density at radius 3 is 2.41 bits per heavy atom. The highest BCUT2D eigenvalue weighted by atomic mass is 35.5. The number of hydrogen-bond donors (Lipinski definition) is 1. The minimum absolute atomic E-state index is 0.0237. The number of pyridine rings is 1. The minimum Gasteiger partial charge on any atom is -0.399 e. The van der Waals surface area contributed by atoms with Crippen LogP contribution in [0.3, 0.4) is 0 Å². The van der Waals surface area contributed by atoms with Crippen LogP contribution in [0.4, 0.5) is 14.5 Å². The summed E-state index contributed by atoms with van der Waals surface area (Å²) in [4.78, 5) is 18.1. The van der Waals surface area contributed by atoms with E-state index in [9.17, 15) is 13.6 Å². The molecule has 34 heavy (non-hydrogen) atoms. The molecule has 0 aliphatic rings. The molecule has 172 valence electrons. The first-order valence-electron chi connectivity index (χ1n) is 10.0. The molecular weight excluding hydrogens is 483 g/mol. The summed E-state index contributed by atoms with van der Waals surface area (Å²) >= 11 is 12.6. The van der Waals surface area contributed by atoms with Gasteiger partial charge < -0.3 is 10.6 Å². The average molecular weight is 500 g/mol. The fourth-order valence-corrected chi connectivity index (χ4v) is 3.89. The first-order chi connectivity index (χ1) is 16.3. The van der Waals surface area contributed by atoms with Gasteiger partial charge in [0, 0.05) is 35.1 Å². The minimum atomic E-state index is -0.847. The van der Waals surface area contributed by atoms with Gasteiger partial charge in [0.15, 0.2) is 0 Å². The van der Waals surface area contributed by atoms with Crippen LogP contribution in [0.1, 0.15) is 16.7 Å². The lowest BCUT2D eigenvalue weighted by Gasteiger charge is -2.13. The Labute approximate surface area is 203 Å². The number of aromatic nitrogens is 1. The third-order valence-corrected chi connectivity index (χ3v) is 5.50. The Hall–Kier alpha value is -3.68. The molecule has 0 aliphatic carbocycles. The van der Waals surface area contributed by atoms with E-state index in [1.807, 2.05) is 0 Å². The first kappa shape index (κ1) is 23.5. The third kappa shape index (κ3) is 5.11. The standard InChI is InChI=1S/C25H17Cl2F2N3O2/c26-20-5-2-6-21(27)25(20)32-13-16(7-10-23(32)33)24(19-9-8-17(28)12-22(19)29)31-34-14-15-3-1-4-18(30)11-15/h1-13H,14,30H2/b31-24-. The number of rotatable bonds is 6. The van der Waals surface area contributed by atoms with E-state index in [1.54, 1.807) is 42.5 Å². The summed E-state index contributed by atoms with van der Waals surface area (Å²) in [7, 11) is 0. The summed E-state index contributed by atoms with van der Waals surface area (Å²) in [6.07, 6.45) is 1.42. The zero-order valence-electron chi connectivity index (χ0n) is 17.5. The van der Waals surface area contributed by atoms with Crippen LogP contribution in [0.15, 0.2) is 88.9 Å². The Bertz CT molecular complexity index is 1430. The van der Waals surface area contributed by atoms with Crippen molar-refractivity contribution in [3.8, 4) is 5.69 Å². The van der Waals surface area contributed by atoms with Crippen molar-refractivity contribution in [1.82, 2.24) is 4.57 Å². The number of anilines is 1. The van der Waals surface area contributed by atoms with Crippen molar-refractivity contribution in [2.45, 2.75) is 6.61 Å². The summed E-state index contributed by atoms with van der Waals surface area (Å²) in [6.45, 7) is 0.0489. The van der Waals surface area contributed by atoms with Crippen LogP contribution in [0, 0.1) is 11.6 Å². The lowest BCUT2D eigenvalue weighted by molar-refractivity contribution is 0.131. The first-order valence-corrected chi connectivity index (χ1v) is 10.8. The maximum absolute atomic E-state index is 14.7. The molecule has 9 heteroatoms. The smallest absolute Gasteiger partial charge is 0.255 e. The lowest BCUT2D eigenvalue weighted by Crippen LogP contribution is -2.20. The molecule has 2 N–H and O–H groups in total. The number of hydrogen-bond acceptors (Lipinski definition) is 4. The number of nitrogen functional groups attached to an aromatic ring is 1. The van der Waals surface area contributed by atoms with Crippen LogP contribution in [0.2, 0.25) is 10.0 Å². The van der Waals surface area contributed by atoms with Crippen molar-refractivity contribution in [3.05, 3.63) is 128 Å². The predicted octanol–water partition coefficient (Wildman–Crippen LogP) is 5.97. The van der Waals surface area contributed by atoms with E-state index in [1.165, 1.54) is 29.0 Å². The zero-order chi connectivity index (χ0) is 24.2. The van der Waals surface area contributed by atoms with Crippen LogP contribution >= 0.6 is 23.2 Å². The number of halogens is 4. The van der Waals surface area contributed by atoms with E-state index >= 15 is 0 Å². The number of nitrogens with two attached hydrogens (primary N) is 1. The highest BCUT2D eigenvalue weighted by molar-refractivity contribution is 6.37. The molecule has 5 nitrogen and oxygen atoms in total. The van der Waals surface area contributed by atoms with E-state index in [-0.39, 0.29) is 33.6 Å². The Kier molecular flexibility index (Phi) is 6.95. The molecule has 4 aromatic rings. The summed E-state index contributed by atoms with van der Waals surface area (Å²) in [5.74, 6) is -1.59. The predicted molar refractivity (Wildman–Crippen MR) is 130 cm³/mol. The molecule has 0 saturated heterocycles. The van der Waals surface area contributed by atoms with E-state index < -0.39 is 17.2 Å². The van der Waals surface area contributed by atoms with Gasteiger partial charge in [0.25, 0.3) is 5.56 Å². The Morgan fingerprint density at radius 2 is 1.71 bits per heavy atom.